The van der Waals surface area contributed by atoms with Gasteiger partial charge in [-0.1, -0.05) is 577 Å². The van der Waals surface area contributed by atoms with Crippen LogP contribution in [0, 0.1) is 41.5 Å². The molecule has 143 heavy (non-hydrogen) atoms. The summed E-state index contributed by atoms with van der Waals surface area (Å²) in [6, 6.07) is 185. The van der Waals surface area contributed by atoms with Crippen molar-refractivity contribution in [1.82, 2.24) is 0 Å². The molecule has 0 unspecified atom stereocenters. The van der Waals surface area contributed by atoms with Crippen molar-refractivity contribution in [1.29, 1.82) is 0 Å². The van der Waals surface area contributed by atoms with Gasteiger partial charge in [0.25, 0.3) is 0 Å². The number of hydrogen-bond donors (Lipinski definition) is 0. The van der Waals surface area contributed by atoms with Crippen LogP contribution >= 0.6 is 0 Å². The minimum Gasteiger partial charge on any atom is -0.0683 e. The Labute approximate surface area is 981 Å². The van der Waals surface area contributed by atoms with Crippen LogP contribution in [-0.4, -0.2) is 0 Å². The molecule has 0 amide bonds. The average Bonchev–Trinajstić information content (AvgIpc) is 0.729. The molecule has 0 aliphatic carbocycles. The third-order valence-electron chi connectivity index (χ3n) is 23.5. The van der Waals surface area contributed by atoms with Gasteiger partial charge in [0.2, 0.25) is 0 Å². The van der Waals surface area contributed by atoms with Crippen LogP contribution in [0.3, 0.4) is 0 Å². The van der Waals surface area contributed by atoms with E-state index in [4.69, 9.17) is 0 Å². The molecule has 0 aliphatic heterocycles. The van der Waals surface area contributed by atoms with Crippen LogP contribution in [0.5, 0.6) is 0 Å². The second-order valence-corrected chi connectivity index (χ2v) is 32.6. The van der Waals surface area contributed by atoms with Crippen LogP contribution in [0.4, 0.5) is 0 Å². The molecule has 23 aromatic carbocycles. The predicted molar refractivity (Wildman–Crippen MR) is 615 cm³/mol. The zero-order valence-corrected chi connectivity index (χ0v) is 101. The quantitative estimate of drug-likeness (QED) is 0.140. The third-order valence-corrected chi connectivity index (χ3v) is 23.5. The molecule has 0 heterocycles. The van der Waals surface area contributed by atoms with Gasteiger partial charge >= 0.3 is 0 Å². The van der Waals surface area contributed by atoms with E-state index in [1.165, 1.54) is 197 Å². The second kappa shape index (κ2) is 66.6. The molecule has 23 aromatic rings. The monoisotopic (exact) mass is 2240 g/mol. The van der Waals surface area contributed by atoms with Crippen molar-refractivity contribution in [2.75, 3.05) is 0 Å². The molecule has 701 valence electrons. The van der Waals surface area contributed by atoms with Crippen molar-refractivity contribution in [2.45, 2.75) is 111 Å². The van der Waals surface area contributed by atoms with Gasteiger partial charge in [-0.25, -0.2) is 0 Å². The molecule has 5 heteroatoms. The Balaban J connectivity index is 0.000000255. The summed E-state index contributed by atoms with van der Waals surface area (Å²) in [5.41, 5.74) is 25.9. The number of rotatable bonds is 7. The fourth-order valence-electron chi connectivity index (χ4n) is 16.7. The van der Waals surface area contributed by atoms with Gasteiger partial charge in [0.15, 0.2) is 0 Å². The Bertz CT molecular complexity index is 7460. The first kappa shape index (κ1) is 121. The number of fused-ring (bicyclic) bond motifs is 8. The first-order chi connectivity index (χ1) is 68.0. The van der Waals surface area contributed by atoms with Crippen molar-refractivity contribution >= 4 is 86.2 Å². The molecule has 0 N–H and O–H groups in total. The van der Waals surface area contributed by atoms with E-state index in [0.29, 0.717) is 0 Å². The van der Waals surface area contributed by atoms with Crippen LogP contribution in [0.25, 0.3) is 164 Å². The van der Waals surface area contributed by atoms with E-state index in [2.05, 4.69) is 557 Å². The van der Waals surface area contributed by atoms with Crippen LogP contribution in [-0.2, 0) is 164 Å². The summed E-state index contributed by atoms with van der Waals surface area (Å²) in [6.45, 7) is 32.6. The molecule has 0 saturated carbocycles. The Morgan fingerprint density at radius 2 is 0.357 bits per heavy atom. The van der Waals surface area contributed by atoms with Gasteiger partial charge in [-0.2, -0.15) is 0 Å². The third kappa shape index (κ3) is 34.9. The molecule has 0 nitrogen and oxygen atoms in total. The zero-order chi connectivity index (χ0) is 97.6. The van der Waals surface area contributed by atoms with Gasteiger partial charge in [-0.05, 0) is 253 Å². The molecule has 0 aromatic heterocycles. The predicted octanol–water partition coefficient (Wildman–Crippen LogP) is 41.4. The smallest absolute Gasteiger partial charge is 0 e. The molecule has 0 bridgehead atoms. The summed E-state index contributed by atoms with van der Waals surface area (Å²) in [6.07, 6.45) is 0. The summed E-state index contributed by atoms with van der Waals surface area (Å²) < 4.78 is 0. The van der Waals surface area contributed by atoms with E-state index in [9.17, 15) is 0 Å². The largest absolute Gasteiger partial charge is 0.0683 e. The number of benzene rings is 23. The van der Waals surface area contributed by atoms with E-state index in [-0.39, 0.29) is 164 Å². The average molecular weight is 2240 g/mol. The molecule has 0 spiro atoms. The molecule has 0 fully saturated rings. The van der Waals surface area contributed by atoms with E-state index >= 15 is 0 Å². The van der Waals surface area contributed by atoms with Gasteiger partial charge in [0.05, 0.1) is 0 Å². The Morgan fingerprint density at radius 1 is 0.112 bits per heavy atom. The topological polar surface area (TPSA) is 0 Å². The summed E-state index contributed by atoms with van der Waals surface area (Å²) in [4.78, 5) is 0. The van der Waals surface area contributed by atoms with Crippen molar-refractivity contribution in [3.63, 3.8) is 0 Å². The number of aryl methyl sites for hydroxylation is 6. The standard InChI is InChI=1S/C32H22.2C20H14.2C16H12.3C8H10.5C2H6.5Y/c1-4-12-23(13-5-1)26-20-21-29-30(22-26)32(25-16-8-3-9-17-25)28-19-11-10-18-27(28)31(29)24-14-6-2-7-15-24;1-2-8-15(9-3-1)20-18-12-6-4-10-16(18)14-17-11-5-7-13-19(17)20;1-2-6-15(7-3-1)18-10-11-19-12-16-8-4-5-9-17(16)13-20(19)14-18;1-2-7-13(8-3-1)16-12-6-10-14-9-4-5-11-15(14)16;1-2-6-13(7-3-1)16-11-10-14-8-4-5-9-15(14)12-16;1-7-3-5-8(2)6-4-7;1-7-4-3-5-8(2)6-7;1-7-5-3-4-6-8(7)2;5*1-2;;;;;/h1-22H;2*1-14H;2*1-12H;3*3-6H,1-2H3;5*1-2H3;;;;;. The van der Waals surface area contributed by atoms with Gasteiger partial charge in [-0.15, -0.1) is 0 Å². The van der Waals surface area contributed by atoms with Gasteiger partial charge in [0.1, 0.15) is 0 Å². The van der Waals surface area contributed by atoms with Gasteiger partial charge in [0, 0.05) is 164 Å². The zero-order valence-electron chi connectivity index (χ0n) is 86.5. The maximum absolute atomic E-state index is 2.37. The maximum Gasteiger partial charge on any atom is 0 e. The molecule has 5 radical (unpaired) electrons. The summed E-state index contributed by atoms with van der Waals surface area (Å²) in [5, 5.41) is 20.8. The van der Waals surface area contributed by atoms with E-state index in [1.54, 1.807) is 0 Å². The summed E-state index contributed by atoms with van der Waals surface area (Å²) >= 11 is 0. The van der Waals surface area contributed by atoms with E-state index in [0.717, 1.165) is 0 Å². The van der Waals surface area contributed by atoms with Gasteiger partial charge < -0.3 is 0 Å². The molecule has 23 rings (SSSR count). The van der Waals surface area contributed by atoms with Crippen LogP contribution < -0.4 is 0 Å². The summed E-state index contributed by atoms with van der Waals surface area (Å²) in [7, 11) is 0. The first-order valence-electron chi connectivity index (χ1n) is 49.2. The second-order valence-electron chi connectivity index (χ2n) is 32.6. The van der Waals surface area contributed by atoms with Crippen molar-refractivity contribution in [3.8, 4) is 77.9 Å². The minimum absolute atomic E-state index is 0. The summed E-state index contributed by atoms with van der Waals surface area (Å²) in [5.74, 6) is 0. The first-order valence-corrected chi connectivity index (χ1v) is 49.2. The molecule has 0 saturated heterocycles. The molecular formula is C138H134Y5. The number of hydrogen-bond acceptors (Lipinski definition) is 0. The Morgan fingerprint density at radius 3 is 0.741 bits per heavy atom. The molecular weight excluding hydrogens is 2100 g/mol. The molecule has 0 aliphatic rings. The normalized spacial score (nSPS) is 9.68. The van der Waals surface area contributed by atoms with Crippen LogP contribution in [0.2, 0.25) is 0 Å². The van der Waals surface area contributed by atoms with Crippen LogP contribution in [0.1, 0.15) is 103 Å². The Hall–Kier alpha value is -10.3. The van der Waals surface area contributed by atoms with E-state index < -0.39 is 0 Å². The fourth-order valence-corrected chi connectivity index (χ4v) is 16.7. The van der Waals surface area contributed by atoms with Crippen molar-refractivity contribution in [3.05, 3.63) is 555 Å². The van der Waals surface area contributed by atoms with Crippen LogP contribution in [0.15, 0.2) is 522 Å². The fraction of sp³-hybridized carbons (Fsp3) is 0.116. The van der Waals surface area contributed by atoms with Crippen molar-refractivity contribution < 1.29 is 164 Å². The molecule has 0 atom stereocenters. The van der Waals surface area contributed by atoms with Crippen molar-refractivity contribution in [2.24, 2.45) is 0 Å². The van der Waals surface area contributed by atoms with E-state index in [1.807, 2.05) is 75.3 Å². The van der Waals surface area contributed by atoms with Gasteiger partial charge in [-0.3, -0.25) is 0 Å². The Kier molecular flexibility index (Phi) is 56.5. The minimum atomic E-state index is 0. The SMILES string of the molecule is CC.CC.CC.CC.CC.Cc1ccc(C)cc1.Cc1cccc(C)c1.Cc1ccccc1C.[Y].[Y].[Y].[Y].[Y].c1ccc(-c2c3ccccc3cc3ccccc23)cc1.c1ccc(-c2ccc3c(-c4ccccc4)c4ccccc4c(-c4ccccc4)c3c2)cc1.c1ccc(-c2ccc3cc4ccccc4cc3c2)cc1.c1ccc(-c2ccc3ccccc3c2)cc1.c1ccc(-c2cccc3ccccc23)cc1. The maximum atomic E-state index is 2.37.